The van der Waals surface area contributed by atoms with Gasteiger partial charge in [0, 0.05) is 10.4 Å². The number of aliphatic carboxylic acids is 1. The lowest BCUT2D eigenvalue weighted by Gasteiger charge is -2.41. The molecule has 1 aliphatic carbocycles. The van der Waals surface area contributed by atoms with E-state index < -0.39 is 11.6 Å². The largest absolute Gasteiger partial charge is 0.495 e. The number of carboxylic acid groups (broad SMARTS) is 1. The summed E-state index contributed by atoms with van der Waals surface area (Å²) in [5.74, 6) is -0.143. The smallest absolute Gasteiger partial charge is 0.308 e. The molecule has 0 spiro atoms. The van der Waals surface area contributed by atoms with Gasteiger partial charge in [0.25, 0.3) is 0 Å². The lowest BCUT2D eigenvalue weighted by Crippen LogP contribution is -2.43. The van der Waals surface area contributed by atoms with Crippen LogP contribution in [-0.4, -0.2) is 48.3 Å². The summed E-state index contributed by atoms with van der Waals surface area (Å²) in [5.41, 5.74) is 1.43. The molecule has 4 rings (SSSR count). The number of thiophene rings is 1. The van der Waals surface area contributed by atoms with Crippen LogP contribution in [-0.2, 0) is 21.6 Å². The van der Waals surface area contributed by atoms with E-state index in [1.165, 1.54) is 11.3 Å². The van der Waals surface area contributed by atoms with Crippen molar-refractivity contribution in [2.45, 2.75) is 24.9 Å². The van der Waals surface area contributed by atoms with E-state index in [0.29, 0.717) is 5.76 Å². The van der Waals surface area contributed by atoms with Crippen LogP contribution in [0.3, 0.4) is 0 Å². The zero-order valence-electron chi connectivity index (χ0n) is 16.1. The lowest BCUT2D eigenvalue weighted by atomic mass is 9.71. The van der Waals surface area contributed by atoms with Crippen LogP contribution in [0.25, 0.3) is 11.8 Å². The van der Waals surface area contributed by atoms with Gasteiger partial charge in [-0.3, -0.25) is 4.79 Å². The molecule has 6 heteroatoms. The number of carboxylic acids is 1. The Kier molecular flexibility index (Phi) is 5.04. The Morgan fingerprint density at radius 1 is 1.29 bits per heavy atom. The third kappa shape index (κ3) is 3.15. The van der Waals surface area contributed by atoms with Gasteiger partial charge in [0.1, 0.15) is 11.4 Å². The van der Waals surface area contributed by atoms with Crippen molar-refractivity contribution in [3.63, 3.8) is 0 Å². The summed E-state index contributed by atoms with van der Waals surface area (Å²) in [6.45, 7) is 1.86. The number of methoxy groups -OCH3 is 1. The summed E-state index contributed by atoms with van der Waals surface area (Å²) in [4.78, 5) is 15.1. The van der Waals surface area contributed by atoms with Crippen molar-refractivity contribution in [3.05, 3.63) is 56.8 Å². The van der Waals surface area contributed by atoms with E-state index in [1.807, 2.05) is 36.4 Å². The van der Waals surface area contributed by atoms with Gasteiger partial charge in [0.15, 0.2) is 0 Å². The summed E-state index contributed by atoms with van der Waals surface area (Å²) in [5, 5.41) is 21.5. The first kappa shape index (κ1) is 19.2. The maximum Gasteiger partial charge on any atom is 0.308 e. The van der Waals surface area contributed by atoms with Crippen molar-refractivity contribution >= 4 is 29.1 Å². The van der Waals surface area contributed by atoms with Gasteiger partial charge in [0.05, 0.1) is 18.4 Å². The molecule has 1 aromatic carbocycles. The fourth-order valence-corrected chi connectivity index (χ4v) is 5.69. The quantitative estimate of drug-likeness (QED) is 0.825. The molecular formula is C22H25NO4S. The van der Waals surface area contributed by atoms with Gasteiger partial charge in [-0.25, -0.2) is 0 Å². The summed E-state index contributed by atoms with van der Waals surface area (Å²) in [7, 11) is 3.72. The monoisotopic (exact) mass is 399 g/mol. The molecule has 2 aromatic rings. The highest BCUT2D eigenvalue weighted by atomic mass is 32.1. The van der Waals surface area contributed by atoms with E-state index >= 15 is 0 Å². The van der Waals surface area contributed by atoms with E-state index in [9.17, 15) is 15.0 Å². The van der Waals surface area contributed by atoms with Gasteiger partial charge in [0.2, 0.25) is 0 Å². The van der Waals surface area contributed by atoms with Gasteiger partial charge in [-0.1, -0.05) is 24.3 Å². The minimum Gasteiger partial charge on any atom is -0.495 e. The number of fused-ring (bicyclic) bond motifs is 2. The maximum atomic E-state index is 12.3. The molecule has 2 N–H and O–H groups in total. The third-order valence-electron chi connectivity index (χ3n) is 5.93. The molecule has 0 bridgehead atoms. The van der Waals surface area contributed by atoms with Crippen molar-refractivity contribution in [1.82, 2.24) is 4.90 Å². The number of benzene rings is 1. The highest BCUT2D eigenvalue weighted by molar-refractivity contribution is 7.13. The van der Waals surface area contributed by atoms with Crippen molar-refractivity contribution in [2.75, 3.05) is 27.2 Å². The highest BCUT2D eigenvalue weighted by Crippen LogP contribution is 2.50. The average molecular weight is 400 g/mol. The zero-order valence-corrected chi connectivity index (χ0v) is 17.0. The molecule has 2 heterocycles. The Balaban J connectivity index is 1.93. The molecule has 148 valence electrons. The maximum absolute atomic E-state index is 12.3. The molecule has 0 radical (unpaired) electrons. The van der Waals surface area contributed by atoms with Gasteiger partial charge in [-0.15, -0.1) is 11.3 Å². The van der Waals surface area contributed by atoms with Crippen LogP contribution >= 0.6 is 11.3 Å². The topological polar surface area (TPSA) is 70.0 Å². The Morgan fingerprint density at radius 3 is 2.68 bits per heavy atom. The first-order chi connectivity index (χ1) is 13.4. The van der Waals surface area contributed by atoms with Gasteiger partial charge >= 0.3 is 5.97 Å². The highest BCUT2D eigenvalue weighted by Gasteiger charge is 2.46. The first-order valence-corrected chi connectivity index (χ1v) is 10.4. The second-order valence-electron chi connectivity index (χ2n) is 7.67. The normalized spacial score (nSPS) is 22.8. The molecule has 5 nitrogen and oxygen atoms in total. The summed E-state index contributed by atoms with van der Waals surface area (Å²) < 4.78 is 5.68. The van der Waals surface area contributed by atoms with E-state index in [1.54, 1.807) is 7.11 Å². The second-order valence-corrected chi connectivity index (χ2v) is 8.81. The van der Waals surface area contributed by atoms with Crippen LogP contribution in [0.4, 0.5) is 0 Å². The van der Waals surface area contributed by atoms with E-state index in [4.69, 9.17) is 4.74 Å². The minimum atomic E-state index is -1.17. The predicted molar refractivity (Wildman–Crippen MR) is 110 cm³/mol. The fraction of sp³-hybridized carbons (Fsp3) is 0.409. The van der Waals surface area contributed by atoms with Crippen molar-refractivity contribution in [2.24, 2.45) is 5.92 Å². The molecule has 1 aliphatic heterocycles. The van der Waals surface area contributed by atoms with E-state index in [2.05, 4.69) is 11.9 Å². The molecule has 1 aromatic heterocycles. The molecule has 1 fully saturated rings. The number of aliphatic hydroxyl groups is 1. The Labute approximate surface area is 168 Å². The fourth-order valence-electron chi connectivity index (χ4n) is 4.48. The van der Waals surface area contributed by atoms with Crippen LogP contribution in [0.1, 0.15) is 39.3 Å². The van der Waals surface area contributed by atoms with Crippen LogP contribution < -0.4 is 0 Å². The first-order valence-electron chi connectivity index (χ1n) is 9.55. The second kappa shape index (κ2) is 7.35. The Bertz CT molecular complexity index is 926. The van der Waals surface area contributed by atoms with Crippen LogP contribution in [0.5, 0.6) is 0 Å². The lowest BCUT2D eigenvalue weighted by molar-refractivity contribution is -0.136. The number of rotatable bonds is 4. The minimum absolute atomic E-state index is 0.0558. The molecule has 0 saturated carbocycles. The zero-order chi connectivity index (χ0) is 19.9. The number of ether oxygens (including phenoxy) is 1. The van der Waals surface area contributed by atoms with Gasteiger partial charge in [-0.05, 0) is 62.2 Å². The van der Waals surface area contributed by atoms with Gasteiger partial charge < -0.3 is 19.8 Å². The predicted octanol–water partition coefficient (Wildman–Crippen LogP) is 3.41. The average Bonchev–Trinajstić information content (AvgIpc) is 3.06. The molecule has 2 aliphatic rings. The third-order valence-corrected chi connectivity index (χ3v) is 7.08. The molecular weight excluding hydrogens is 374 g/mol. The standard InChI is InChI=1S/C22H25NO4S/c1-23-9-7-15(8-10-23)22(26)17-6-4-3-5-14(17)11-19(27-2)21-18(22)12-16(28-21)13-20(24)25/h3-6,11-12,15,26H,7-10,13H2,1-2H3,(H,24,25). The molecule has 0 amide bonds. The number of hydrogen-bond donors (Lipinski definition) is 2. The van der Waals surface area contributed by atoms with Crippen LogP contribution in [0, 0.1) is 5.92 Å². The van der Waals surface area contributed by atoms with Gasteiger partial charge in [-0.2, -0.15) is 0 Å². The molecule has 1 unspecified atom stereocenters. The molecule has 28 heavy (non-hydrogen) atoms. The number of nitrogens with zero attached hydrogens (tertiary/aromatic N) is 1. The molecule has 1 atom stereocenters. The van der Waals surface area contributed by atoms with E-state index in [-0.39, 0.29) is 12.3 Å². The van der Waals surface area contributed by atoms with Crippen LogP contribution in [0.2, 0.25) is 0 Å². The number of hydrogen-bond acceptors (Lipinski definition) is 5. The van der Waals surface area contributed by atoms with Crippen LogP contribution in [0.15, 0.2) is 30.3 Å². The van der Waals surface area contributed by atoms with Crippen molar-refractivity contribution in [1.29, 1.82) is 0 Å². The van der Waals surface area contributed by atoms with Crippen molar-refractivity contribution < 1.29 is 19.7 Å². The SMILES string of the molecule is COC1=Cc2ccccc2C(O)(C2CCN(C)CC2)c2cc(CC(=O)O)sc21. The Hall–Kier alpha value is -2.15. The summed E-state index contributed by atoms with van der Waals surface area (Å²) >= 11 is 1.40. The Morgan fingerprint density at radius 2 is 2.00 bits per heavy atom. The number of piperidine rings is 1. The van der Waals surface area contributed by atoms with E-state index in [0.717, 1.165) is 52.4 Å². The number of carbonyl (C=O) groups is 1. The summed E-state index contributed by atoms with van der Waals surface area (Å²) in [6.07, 6.45) is 3.67. The molecule has 1 saturated heterocycles. The summed E-state index contributed by atoms with van der Waals surface area (Å²) in [6, 6.07) is 9.78. The van der Waals surface area contributed by atoms with Crippen molar-refractivity contribution in [3.8, 4) is 0 Å². The number of likely N-dealkylation sites (tertiary alicyclic amines) is 1.